The third-order valence-electron chi connectivity index (χ3n) is 1.62. The van der Waals surface area contributed by atoms with Crippen molar-refractivity contribution in [2.24, 2.45) is 0 Å². The Morgan fingerprint density at radius 3 is 2.92 bits per heavy atom. The van der Waals surface area contributed by atoms with Crippen molar-refractivity contribution in [1.29, 1.82) is 0 Å². The van der Waals surface area contributed by atoms with Gasteiger partial charge in [-0.15, -0.1) is 11.6 Å². The number of rotatable bonds is 4. The monoisotopic (exact) mass is 201 g/mol. The Hall–Kier alpha value is -1.03. The average Bonchev–Trinajstić information content (AvgIpc) is 2.16. The standard InChI is InChI=1S/C8H12ClN3O/c1-6-7(10-4-3-9)11-5-12-8(6)13-2/h5H,3-4H2,1-2H3,(H,10,11,12). The maximum absolute atomic E-state index is 5.54. The predicted molar refractivity (Wildman–Crippen MR) is 52.5 cm³/mol. The lowest BCUT2D eigenvalue weighted by atomic mass is 10.3. The number of methoxy groups -OCH3 is 1. The molecular formula is C8H12ClN3O. The van der Waals surface area contributed by atoms with Crippen LogP contribution in [0.2, 0.25) is 0 Å². The summed E-state index contributed by atoms with van der Waals surface area (Å²) in [7, 11) is 1.58. The lowest BCUT2D eigenvalue weighted by molar-refractivity contribution is 0.393. The minimum atomic E-state index is 0.547. The van der Waals surface area contributed by atoms with E-state index in [4.69, 9.17) is 16.3 Å². The number of aromatic nitrogens is 2. The van der Waals surface area contributed by atoms with Crippen LogP contribution in [0.5, 0.6) is 5.88 Å². The zero-order valence-corrected chi connectivity index (χ0v) is 8.43. The zero-order valence-electron chi connectivity index (χ0n) is 7.67. The molecule has 4 nitrogen and oxygen atoms in total. The fourth-order valence-corrected chi connectivity index (χ4v) is 1.08. The Kier molecular flexibility index (Phi) is 3.76. The summed E-state index contributed by atoms with van der Waals surface area (Å²) >= 11 is 5.54. The van der Waals surface area contributed by atoms with Gasteiger partial charge in [0.1, 0.15) is 12.1 Å². The molecular weight excluding hydrogens is 190 g/mol. The summed E-state index contributed by atoms with van der Waals surface area (Å²) in [5.41, 5.74) is 0.898. The summed E-state index contributed by atoms with van der Waals surface area (Å²) in [6.07, 6.45) is 1.46. The molecule has 0 saturated carbocycles. The van der Waals surface area contributed by atoms with Crippen molar-refractivity contribution in [3.8, 4) is 5.88 Å². The molecule has 0 spiro atoms. The fraction of sp³-hybridized carbons (Fsp3) is 0.500. The van der Waals surface area contributed by atoms with E-state index in [1.54, 1.807) is 7.11 Å². The van der Waals surface area contributed by atoms with E-state index in [-0.39, 0.29) is 0 Å². The van der Waals surface area contributed by atoms with Gasteiger partial charge in [0.15, 0.2) is 0 Å². The molecule has 0 aliphatic heterocycles. The highest BCUT2D eigenvalue weighted by atomic mass is 35.5. The molecule has 1 rings (SSSR count). The highest BCUT2D eigenvalue weighted by Gasteiger charge is 2.05. The molecule has 13 heavy (non-hydrogen) atoms. The number of nitrogens with one attached hydrogen (secondary N) is 1. The second kappa shape index (κ2) is 4.87. The van der Waals surface area contributed by atoms with E-state index in [0.717, 1.165) is 11.4 Å². The minimum absolute atomic E-state index is 0.547. The van der Waals surface area contributed by atoms with Crippen LogP contribution >= 0.6 is 11.6 Å². The Morgan fingerprint density at radius 2 is 2.31 bits per heavy atom. The van der Waals surface area contributed by atoms with E-state index in [9.17, 15) is 0 Å². The molecule has 0 amide bonds. The Balaban J connectivity index is 2.81. The van der Waals surface area contributed by atoms with Gasteiger partial charge in [0.05, 0.1) is 12.7 Å². The van der Waals surface area contributed by atoms with Crippen LogP contribution in [0.15, 0.2) is 6.33 Å². The molecule has 0 fully saturated rings. The number of hydrogen-bond acceptors (Lipinski definition) is 4. The fourth-order valence-electron chi connectivity index (χ4n) is 0.984. The van der Waals surface area contributed by atoms with Crippen LogP contribution in [0.3, 0.4) is 0 Å². The lowest BCUT2D eigenvalue weighted by Gasteiger charge is -2.08. The number of alkyl halides is 1. The smallest absolute Gasteiger partial charge is 0.221 e. The van der Waals surface area contributed by atoms with Crippen LogP contribution < -0.4 is 10.1 Å². The summed E-state index contributed by atoms with van der Waals surface area (Å²) in [6.45, 7) is 2.58. The van der Waals surface area contributed by atoms with Crippen LogP contribution in [0.1, 0.15) is 5.56 Å². The number of nitrogens with zero attached hydrogens (tertiary/aromatic N) is 2. The first kappa shape index (κ1) is 10.1. The summed E-state index contributed by atoms with van der Waals surface area (Å²) in [5, 5.41) is 3.07. The van der Waals surface area contributed by atoms with Crippen molar-refractivity contribution < 1.29 is 4.74 Å². The summed E-state index contributed by atoms with van der Waals surface area (Å²) < 4.78 is 5.04. The summed E-state index contributed by atoms with van der Waals surface area (Å²) in [5.74, 6) is 1.91. The molecule has 1 N–H and O–H groups in total. The van der Waals surface area contributed by atoms with Gasteiger partial charge in [0.2, 0.25) is 5.88 Å². The van der Waals surface area contributed by atoms with Gasteiger partial charge in [-0.1, -0.05) is 0 Å². The Bertz CT molecular complexity index is 280. The third kappa shape index (κ3) is 2.45. The highest BCUT2D eigenvalue weighted by Crippen LogP contribution is 2.19. The van der Waals surface area contributed by atoms with Crippen LogP contribution in [0.25, 0.3) is 0 Å². The lowest BCUT2D eigenvalue weighted by Crippen LogP contribution is -2.07. The number of anilines is 1. The largest absolute Gasteiger partial charge is 0.481 e. The van der Waals surface area contributed by atoms with Gasteiger partial charge in [-0.05, 0) is 6.92 Å². The van der Waals surface area contributed by atoms with Gasteiger partial charge in [-0.3, -0.25) is 0 Å². The Labute approximate surface area is 82.3 Å². The van der Waals surface area contributed by atoms with E-state index in [1.807, 2.05) is 6.92 Å². The number of hydrogen-bond donors (Lipinski definition) is 1. The molecule has 0 radical (unpaired) electrons. The Morgan fingerprint density at radius 1 is 1.54 bits per heavy atom. The van der Waals surface area contributed by atoms with Gasteiger partial charge in [-0.25, -0.2) is 9.97 Å². The van der Waals surface area contributed by atoms with Crippen LogP contribution in [-0.4, -0.2) is 29.5 Å². The first-order chi connectivity index (χ1) is 6.29. The van der Waals surface area contributed by atoms with Crippen LogP contribution in [0, 0.1) is 6.92 Å². The van der Waals surface area contributed by atoms with E-state index in [2.05, 4.69) is 15.3 Å². The van der Waals surface area contributed by atoms with Crippen LogP contribution in [-0.2, 0) is 0 Å². The second-order valence-electron chi connectivity index (χ2n) is 2.47. The molecule has 1 heterocycles. The molecule has 0 aromatic carbocycles. The quantitative estimate of drug-likeness (QED) is 0.749. The third-order valence-corrected chi connectivity index (χ3v) is 1.81. The van der Waals surface area contributed by atoms with Crippen molar-refractivity contribution in [3.63, 3.8) is 0 Å². The number of ether oxygens (including phenoxy) is 1. The molecule has 0 aliphatic rings. The van der Waals surface area contributed by atoms with Gasteiger partial charge in [-0.2, -0.15) is 0 Å². The number of halogens is 1. The van der Waals surface area contributed by atoms with Gasteiger partial charge in [0.25, 0.3) is 0 Å². The molecule has 5 heteroatoms. The normalized spacial score (nSPS) is 9.77. The minimum Gasteiger partial charge on any atom is -0.481 e. The predicted octanol–water partition coefficient (Wildman–Crippen LogP) is 1.44. The van der Waals surface area contributed by atoms with E-state index < -0.39 is 0 Å². The van der Waals surface area contributed by atoms with Crippen molar-refractivity contribution >= 4 is 17.4 Å². The molecule has 1 aromatic rings. The van der Waals surface area contributed by atoms with Gasteiger partial charge >= 0.3 is 0 Å². The molecule has 0 unspecified atom stereocenters. The molecule has 0 bridgehead atoms. The molecule has 0 atom stereocenters. The van der Waals surface area contributed by atoms with E-state index in [1.165, 1.54) is 6.33 Å². The van der Waals surface area contributed by atoms with Crippen molar-refractivity contribution in [2.45, 2.75) is 6.92 Å². The highest BCUT2D eigenvalue weighted by molar-refractivity contribution is 6.18. The maximum atomic E-state index is 5.54. The van der Waals surface area contributed by atoms with Crippen molar-refractivity contribution in [1.82, 2.24) is 9.97 Å². The van der Waals surface area contributed by atoms with Gasteiger partial charge < -0.3 is 10.1 Å². The second-order valence-corrected chi connectivity index (χ2v) is 2.85. The first-order valence-corrected chi connectivity index (χ1v) is 4.48. The summed E-state index contributed by atoms with van der Waals surface area (Å²) in [4.78, 5) is 8.02. The first-order valence-electron chi connectivity index (χ1n) is 3.95. The summed E-state index contributed by atoms with van der Waals surface area (Å²) in [6, 6.07) is 0. The average molecular weight is 202 g/mol. The zero-order chi connectivity index (χ0) is 9.68. The van der Waals surface area contributed by atoms with Crippen molar-refractivity contribution in [3.05, 3.63) is 11.9 Å². The van der Waals surface area contributed by atoms with E-state index in [0.29, 0.717) is 18.3 Å². The molecule has 1 aromatic heterocycles. The molecule has 0 saturated heterocycles. The SMILES string of the molecule is COc1ncnc(NCCCl)c1C. The molecule has 0 aliphatic carbocycles. The maximum Gasteiger partial charge on any atom is 0.221 e. The molecule has 72 valence electrons. The topological polar surface area (TPSA) is 47.0 Å². The van der Waals surface area contributed by atoms with Crippen molar-refractivity contribution in [2.75, 3.05) is 24.9 Å². The van der Waals surface area contributed by atoms with E-state index >= 15 is 0 Å². The van der Waals surface area contributed by atoms with Gasteiger partial charge in [0, 0.05) is 12.4 Å². The van der Waals surface area contributed by atoms with Crippen LogP contribution in [0.4, 0.5) is 5.82 Å².